The molecule has 0 aromatic heterocycles. The van der Waals surface area contributed by atoms with Crippen LogP contribution in [-0.4, -0.2) is 13.1 Å². The summed E-state index contributed by atoms with van der Waals surface area (Å²) in [6.45, 7) is 0. The average molecular weight is 245 g/mol. The standard InChI is InChI=1S/C14H12FNO2/c1-18-14(17)9-6-7-11(13(16)8-9)10-4-2-3-5-12(10)15/h2-8H,16H2,1H3. The lowest BCUT2D eigenvalue weighted by molar-refractivity contribution is 0.0601. The normalized spacial score (nSPS) is 10.1. The molecule has 4 heteroatoms. The predicted molar refractivity (Wildman–Crippen MR) is 67.6 cm³/mol. The fourth-order valence-electron chi connectivity index (χ4n) is 1.73. The summed E-state index contributed by atoms with van der Waals surface area (Å²) >= 11 is 0. The molecule has 0 bridgehead atoms. The average Bonchev–Trinajstić information content (AvgIpc) is 2.39. The van der Waals surface area contributed by atoms with Gasteiger partial charge in [0.15, 0.2) is 0 Å². The quantitative estimate of drug-likeness (QED) is 0.653. The van der Waals surface area contributed by atoms with E-state index in [1.807, 2.05) is 0 Å². The molecule has 0 amide bonds. The summed E-state index contributed by atoms with van der Waals surface area (Å²) in [5, 5.41) is 0. The number of carbonyl (C=O) groups excluding carboxylic acids is 1. The van der Waals surface area contributed by atoms with Gasteiger partial charge < -0.3 is 10.5 Å². The molecule has 0 atom stereocenters. The molecule has 0 heterocycles. The van der Waals surface area contributed by atoms with Gasteiger partial charge in [0.2, 0.25) is 0 Å². The number of hydrogen-bond donors (Lipinski definition) is 1. The van der Waals surface area contributed by atoms with Gasteiger partial charge in [-0.05, 0) is 18.2 Å². The van der Waals surface area contributed by atoms with Crippen LogP contribution in [0.4, 0.5) is 10.1 Å². The van der Waals surface area contributed by atoms with Crippen molar-refractivity contribution in [3.8, 4) is 11.1 Å². The Balaban J connectivity index is 2.49. The van der Waals surface area contributed by atoms with Gasteiger partial charge in [-0.3, -0.25) is 0 Å². The van der Waals surface area contributed by atoms with Crippen molar-refractivity contribution in [1.82, 2.24) is 0 Å². The van der Waals surface area contributed by atoms with Gasteiger partial charge >= 0.3 is 5.97 Å². The Bertz CT molecular complexity index is 596. The van der Waals surface area contributed by atoms with E-state index in [-0.39, 0.29) is 5.82 Å². The number of methoxy groups -OCH3 is 1. The van der Waals surface area contributed by atoms with Crippen molar-refractivity contribution >= 4 is 11.7 Å². The number of rotatable bonds is 2. The fraction of sp³-hybridized carbons (Fsp3) is 0.0714. The lowest BCUT2D eigenvalue weighted by Gasteiger charge is -2.08. The number of nitrogens with two attached hydrogens (primary N) is 1. The maximum Gasteiger partial charge on any atom is 0.337 e. The summed E-state index contributed by atoms with van der Waals surface area (Å²) in [5.74, 6) is -0.822. The first-order chi connectivity index (χ1) is 8.63. The third-order valence-electron chi connectivity index (χ3n) is 2.64. The molecule has 0 fully saturated rings. The van der Waals surface area contributed by atoms with Gasteiger partial charge in [-0.25, -0.2) is 9.18 Å². The molecular formula is C14H12FNO2. The van der Waals surface area contributed by atoms with Crippen LogP contribution in [0, 0.1) is 5.82 Å². The molecule has 0 spiro atoms. The topological polar surface area (TPSA) is 52.3 Å². The molecule has 0 aliphatic rings. The molecule has 92 valence electrons. The van der Waals surface area contributed by atoms with E-state index >= 15 is 0 Å². The molecule has 0 unspecified atom stereocenters. The number of esters is 1. The van der Waals surface area contributed by atoms with Crippen LogP contribution in [0.5, 0.6) is 0 Å². The maximum atomic E-state index is 13.6. The van der Waals surface area contributed by atoms with Gasteiger partial charge in [-0.15, -0.1) is 0 Å². The minimum atomic E-state index is -0.471. The summed E-state index contributed by atoms with van der Waals surface area (Å²) in [6, 6.07) is 11.0. The zero-order chi connectivity index (χ0) is 13.1. The number of ether oxygens (including phenoxy) is 1. The van der Waals surface area contributed by atoms with Crippen molar-refractivity contribution in [2.75, 3.05) is 12.8 Å². The van der Waals surface area contributed by atoms with E-state index in [9.17, 15) is 9.18 Å². The van der Waals surface area contributed by atoms with Gasteiger partial charge in [0.25, 0.3) is 0 Å². The minimum absolute atomic E-state index is 0.336. The molecule has 3 nitrogen and oxygen atoms in total. The molecule has 2 aromatic carbocycles. The Morgan fingerprint density at radius 3 is 2.50 bits per heavy atom. The van der Waals surface area contributed by atoms with Crippen LogP contribution >= 0.6 is 0 Å². The Labute approximate surface area is 104 Å². The molecular weight excluding hydrogens is 233 g/mol. The molecule has 0 aliphatic heterocycles. The largest absolute Gasteiger partial charge is 0.465 e. The Kier molecular flexibility index (Phi) is 3.28. The summed E-state index contributed by atoms with van der Waals surface area (Å²) in [7, 11) is 1.29. The van der Waals surface area contributed by atoms with E-state index in [1.165, 1.54) is 19.2 Å². The molecule has 2 aromatic rings. The Morgan fingerprint density at radius 2 is 1.89 bits per heavy atom. The van der Waals surface area contributed by atoms with E-state index in [2.05, 4.69) is 4.74 Å². The number of benzene rings is 2. The third-order valence-corrected chi connectivity index (χ3v) is 2.64. The van der Waals surface area contributed by atoms with Crippen LogP contribution in [0.15, 0.2) is 42.5 Å². The minimum Gasteiger partial charge on any atom is -0.465 e. The Morgan fingerprint density at radius 1 is 1.17 bits per heavy atom. The summed E-state index contributed by atoms with van der Waals surface area (Å²) in [5.41, 5.74) is 7.48. The second kappa shape index (κ2) is 4.87. The summed E-state index contributed by atoms with van der Waals surface area (Å²) in [4.78, 5) is 11.3. The van der Waals surface area contributed by atoms with Crippen molar-refractivity contribution in [3.05, 3.63) is 53.8 Å². The highest BCUT2D eigenvalue weighted by Crippen LogP contribution is 2.28. The highest BCUT2D eigenvalue weighted by atomic mass is 19.1. The first-order valence-electron chi connectivity index (χ1n) is 5.36. The van der Waals surface area contributed by atoms with Crippen molar-refractivity contribution in [1.29, 1.82) is 0 Å². The molecule has 18 heavy (non-hydrogen) atoms. The highest BCUT2D eigenvalue weighted by Gasteiger charge is 2.11. The number of nitrogen functional groups attached to an aromatic ring is 1. The highest BCUT2D eigenvalue weighted by molar-refractivity contribution is 5.92. The number of hydrogen-bond acceptors (Lipinski definition) is 3. The third kappa shape index (κ3) is 2.18. The summed E-state index contributed by atoms with van der Waals surface area (Å²) in [6.07, 6.45) is 0. The van der Waals surface area contributed by atoms with Crippen molar-refractivity contribution in [3.63, 3.8) is 0 Å². The molecule has 2 rings (SSSR count). The van der Waals surface area contributed by atoms with E-state index in [0.29, 0.717) is 22.4 Å². The van der Waals surface area contributed by atoms with Gasteiger partial charge in [0.1, 0.15) is 5.82 Å². The lowest BCUT2D eigenvalue weighted by atomic mass is 10.0. The van der Waals surface area contributed by atoms with Crippen LogP contribution in [0.25, 0.3) is 11.1 Å². The van der Waals surface area contributed by atoms with Crippen molar-refractivity contribution in [2.24, 2.45) is 0 Å². The van der Waals surface area contributed by atoms with E-state index in [1.54, 1.807) is 30.3 Å². The zero-order valence-electron chi connectivity index (χ0n) is 9.81. The molecule has 0 saturated heterocycles. The second-order valence-corrected chi connectivity index (χ2v) is 3.77. The van der Waals surface area contributed by atoms with E-state index in [4.69, 9.17) is 5.73 Å². The Hall–Kier alpha value is -2.36. The number of halogens is 1. The zero-order valence-corrected chi connectivity index (χ0v) is 9.81. The summed E-state index contributed by atoms with van der Waals surface area (Å²) < 4.78 is 18.2. The van der Waals surface area contributed by atoms with Gasteiger partial charge in [0, 0.05) is 16.8 Å². The fourth-order valence-corrected chi connectivity index (χ4v) is 1.73. The van der Waals surface area contributed by atoms with Gasteiger partial charge in [-0.2, -0.15) is 0 Å². The van der Waals surface area contributed by atoms with Gasteiger partial charge in [0.05, 0.1) is 12.7 Å². The first-order valence-corrected chi connectivity index (χ1v) is 5.36. The number of anilines is 1. The number of carbonyl (C=O) groups is 1. The monoisotopic (exact) mass is 245 g/mol. The lowest BCUT2D eigenvalue weighted by Crippen LogP contribution is -2.03. The van der Waals surface area contributed by atoms with Crippen molar-refractivity contribution < 1.29 is 13.9 Å². The molecule has 2 N–H and O–H groups in total. The van der Waals surface area contributed by atoms with Crippen LogP contribution in [0.3, 0.4) is 0 Å². The maximum absolute atomic E-state index is 13.6. The first kappa shape index (κ1) is 12.1. The SMILES string of the molecule is COC(=O)c1ccc(-c2ccccc2F)c(N)c1. The van der Waals surface area contributed by atoms with Crippen LogP contribution in [0.2, 0.25) is 0 Å². The molecule has 0 saturated carbocycles. The second-order valence-electron chi connectivity index (χ2n) is 3.77. The predicted octanol–water partition coefficient (Wildman–Crippen LogP) is 2.86. The molecule has 0 aliphatic carbocycles. The van der Waals surface area contributed by atoms with E-state index < -0.39 is 5.97 Å². The van der Waals surface area contributed by atoms with Crippen molar-refractivity contribution in [2.45, 2.75) is 0 Å². The van der Waals surface area contributed by atoms with Crippen LogP contribution < -0.4 is 5.73 Å². The van der Waals surface area contributed by atoms with Crippen LogP contribution in [0.1, 0.15) is 10.4 Å². The smallest absolute Gasteiger partial charge is 0.337 e. The van der Waals surface area contributed by atoms with Gasteiger partial charge in [-0.1, -0.05) is 24.3 Å². The molecule has 0 radical (unpaired) electrons. The van der Waals surface area contributed by atoms with E-state index in [0.717, 1.165) is 0 Å². The van der Waals surface area contributed by atoms with Crippen LogP contribution in [-0.2, 0) is 4.74 Å².